The van der Waals surface area contributed by atoms with E-state index in [1.54, 1.807) is 24.3 Å². The number of carboxylic acid groups (broad SMARTS) is 1. The Bertz CT molecular complexity index is 507. The molecule has 8 heteroatoms. The molecule has 0 bridgehead atoms. The van der Waals surface area contributed by atoms with Crippen molar-refractivity contribution in [1.29, 1.82) is 0 Å². The highest BCUT2D eigenvalue weighted by atomic mass is 35.5. The fraction of sp³-hybridized carbons (Fsp3) is 0.333. The molecule has 2 atom stereocenters. The quantitative estimate of drug-likeness (QED) is 0.725. The number of ether oxygens (including phenoxy) is 1. The summed E-state index contributed by atoms with van der Waals surface area (Å²) in [5.41, 5.74) is 0.509. The Morgan fingerprint density at radius 3 is 2.60 bits per heavy atom. The van der Waals surface area contributed by atoms with Crippen molar-refractivity contribution < 1.29 is 24.5 Å². The summed E-state index contributed by atoms with van der Waals surface area (Å²) in [7, 11) is 0. The van der Waals surface area contributed by atoms with Gasteiger partial charge in [0, 0.05) is 17.1 Å². The van der Waals surface area contributed by atoms with Gasteiger partial charge in [-0.25, -0.2) is 9.59 Å². The smallest absolute Gasteiger partial charge is 0.450 e. The van der Waals surface area contributed by atoms with Crippen molar-refractivity contribution in [1.82, 2.24) is 4.90 Å². The number of aliphatic hydroxyl groups is 1. The highest BCUT2D eigenvalue weighted by Gasteiger charge is 2.37. The predicted octanol–water partition coefficient (Wildman–Crippen LogP) is 1.96. The maximum atomic E-state index is 12.0. The van der Waals surface area contributed by atoms with E-state index >= 15 is 0 Å². The molecule has 2 rings (SSSR count). The van der Waals surface area contributed by atoms with Gasteiger partial charge in [0.15, 0.2) is 6.23 Å². The molecule has 1 aliphatic rings. The van der Waals surface area contributed by atoms with Crippen molar-refractivity contribution in [3.63, 3.8) is 0 Å². The summed E-state index contributed by atoms with van der Waals surface area (Å²) in [4.78, 5) is 23.7. The number of carbonyl (C=O) groups is 2. The van der Waals surface area contributed by atoms with Crippen molar-refractivity contribution in [2.45, 2.75) is 18.8 Å². The third kappa shape index (κ3) is 3.52. The minimum absolute atomic E-state index is 0.0113. The molecule has 1 saturated heterocycles. The lowest BCUT2D eigenvalue weighted by Gasteiger charge is -2.23. The second kappa shape index (κ2) is 5.98. The van der Waals surface area contributed by atoms with E-state index in [4.69, 9.17) is 16.7 Å². The molecule has 2 amide bonds. The summed E-state index contributed by atoms with van der Waals surface area (Å²) in [6.45, 7) is 0.0113. The van der Waals surface area contributed by atoms with Crippen molar-refractivity contribution in [3.05, 3.63) is 29.3 Å². The van der Waals surface area contributed by atoms with Gasteiger partial charge in [0.05, 0.1) is 12.6 Å². The summed E-state index contributed by atoms with van der Waals surface area (Å²) < 4.78 is 4.57. The van der Waals surface area contributed by atoms with Crippen molar-refractivity contribution in [2.24, 2.45) is 0 Å². The van der Waals surface area contributed by atoms with E-state index in [9.17, 15) is 14.7 Å². The van der Waals surface area contributed by atoms with Gasteiger partial charge < -0.3 is 20.3 Å². The minimum atomic E-state index is -1.49. The van der Waals surface area contributed by atoms with E-state index in [0.717, 1.165) is 4.90 Å². The van der Waals surface area contributed by atoms with E-state index in [0.29, 0.717) is 10.7 Å². The third-order valence-electron chi connectivity index (χ3n) is 2.82. The zero-order chi connectivity index (χ0) is 14.7. The number of hydrogen-bond acceptors (Lipinski definition) is 4. The highest BCUT2D eigenvalue weighted by molar-refractivity contribution is 6.30. The zero-order valence-electron chi connectivity index (χ0n) is 10.3. The van der Waals surface area contributed by atoms with E-state index in [1.807, 2.05) is 0 Å². The molecule has 0 aliphatic carbocycles. The standard InChI is InChI=1S/C12H13ClN2O5/c13-7-1-3-8(4-2-7)14-11(17)15-6-9(16)5-10(15)20-12(18)19/h1-4,9-10,16H,5-6H2,(H,14,17)(H,18,19)/t9-,10+/m1/s1. The van der Waals surface area contributed by atoms with Crippen LogP contribution in [0.1, 0.15) is 6.42 Å². The minimum Gasteiger partial charge on any atom is -0.450 e. The molecule has 0 unspecified atom stereocenters. The molecule has 1 heterocycles. The summed E-state index contributed by atoms with van der Waals surface area (Å²) in [5, 5.41) is 21.2. The summed E-state index contributed by atoms with van der Waals surface area (Å²) >= 11 is 5.73. The van der Waals surface area contributed by atoms with E-state index in [1.165, 1.54) is 0 Å². The Morgan fingerprint density at radius 2 is 2.00 bits per heavy atom. The van der Waals surface area contributed by atoms with Gasteiger partial charge in [0.1, 0.15) is 0 Å². The molecular weight excluding hydrogens is 288 g/mol. The number of nitrogens with zero attached hydrogens (tertiary/aromatic N) is 1. The number of rotatable bonds is 2. The van der Waals surface area contributed by atoms with Gasteiger partial charge in [0.2, 0.25) is 0 Å². The van der Waals surface area contributed by atoms with Crippen LogP contribution in [0.15, 0.2) is 24.3 Å². The lowest BCUT2D eigenvalue weighted by Crippen LogP contribution is -2.41. The zero-order valence-corrected chi connectivity index (χ0v) is 11.1. The molecule has 1 aliphatic heterocycles. The van der Waals surface area contributed by atoms with Crippen LogP contribution in [0.3, 0.4) is 0 Å². The first-order chi connectivity index (χ1) is 9.45. The average molecular weight is 301 g/mol. The Kier molecular flexibility index (Phi) is 4.31. The topological polar surface area (TPSA) is 99.1 Å². The van der Waals surface area contributed by atoms with Crippen LogP contribution in [-0.2, 0) is 4.74 Å². The SMILES string of the molecule is O=C(O)O[C@H]1C[C@@H](O)CN1C(=O)Nc1ccc(Cl)cc1. The van der Waals surface area contributed by atoms with Crippen LogP contribution in [0, 0.1) is 0 Å². The van der Waals surface area contributed by atoms with Gasteiger partial charge in [-0.2, -0.15) is 0 Å². The molecule has 7 nitrogen and oxygen atoms in total. The van der Waals surface area contributed by atoms with Gasteiger partial charge in [-0.3, -0.25) is 4.90 Å². The van der Waals surface area contributed by atoms with E-state index < -0.39 is 24.5 Å². The van der Waals surface area contributed by atoms with Crippen LogP contribution in [0.5, 0.6) is 0 Å². The number of anilines is 1. The van der Waals surface area contributed by atoms with Gasteiger partial charge in [0.25, 0.3) is 0 Å². The first-order valence-electron chi connectivity index (χ1n) is 5.86. The summed E-state index contributed by atoms with van der Waals surface area (Å²) in [6, 6.07) is 5.90. The van der Waals surface area contributed by atoms with Crippen LogP contribution < -0.4 is 5.32 Å². The van der Waals surface area contributed by atoms with Crippen LogP contribution in [-0.4, -0.2) is 46.2 Å². The first-order valence-corrected chi connectivity index (χ1v) is 6.24. The number of nitrogens with one attached hydrogen (secondary N) is 1. The lowest BCUT2D eigenvalue weighted by molar-refractivity contribution is 0.00396. The van der Waals surface area contributed by atoms with Crippen LogP contribution in [0.4, 0.5) is 15.3 Å². The maximum absolute atomic E-state index is 12.0. The number of β-amino-alcohol motifs (C(OH)–C–C–N with tert-alkyl or cyclic N) is 1. The van der Waals surface area contributed by atoms with Crippen molar-refractivity contribution in [3.8, 4) is 0 Å². The molecule has 0 spiro atoms. The van der Waals surface area contributed by atoms with Gasteiger partial charge in [-0.05, 0) is 24.3 Å². The number of benzene rings is 1. The van der Waals surface area contributed by atoms with E-state index in [2.05, 4.69) is 10.1 Å². The lowest BCUT2D eigenvalue weighted by atomic mass is 10.3. The molecule has 1 aromatic carbocycles. The maximum Gasteiger partial charge on any atom is 0.507 e. The van der Waals surface area contributed by atoms with Crippen molar-refractivity contribution in [2.75, 3.05) is 11.9 Å². The fourth-order valence-electron chi connectivity index (χ4n) is 1.95. The first kappa shape index (κ1) is 14.4. The summed E-state index contributed by atoms with van der Waals surface area (Å²) in [5.74, 6) is 0. The highest BCUT2D eigenvalue weighted by Crippen LogP contribution is 2.21. The normalized spacial score (nSPS) is 21.6. The Hall–Kier alpha value is -1.99. The second-order valence-corrected chi connectivity index (χ2v) is 4.75. The van der Waals surface area contributed by atoms with E-state index in [-0.39, 0.29) is 13.0 Å². The van der Waals surface area contributed by atoms with Gasteiger partial charge in [-0.15, -0.1) is 0 Å². The monoisotopic (exact) mass is 300 g/mol. The molecule has 1 fully saturated rings. The molecule has 0 aromatic heterocycles. The Labute approximate surface area is 119 Å². The molecule has 0 saturated carbocycles. The van der Waals surface area contributed by atoms with Crippen molar-refractivity contribution >= 4 is 29.5 Å². The summed E-state index contributed by atoms with van der Waals surface area (Å²) in [6.07, 6.45) is -3.24. The van der Waals surface area contributed by atoms with Crippen LogP contribution in [0.2, 0.25) is 5.02 Å². The number of halogens is 1. The number of likely N-dealkylation sites (tertiary alicyclic amines) is 1. The molecule has 0 radical (unpaired) electrons. The number of aliphatic hydroxyl groups excluding tert-OH is 1. The molecule has 3 N–H and O–H groups in total. The average Bonchev–Trinajstić information content (AvgIpc) is 2.72. The molecule has 20 heavy (non-hydrogen) atoms. The predicted molar refractivity (Wildman–Crippen MR) is 70.7 cm³/mol. The Morgan fingerprint density at radius 1 is 1.35 bits per heavy atom. The molecule has 108 valence electrons. The van der Waals surface area contributed by atoms with Gasteiger partial charge in [-0.1, -0.05) is 11.6 Å². The number of carbonyl (C=O) groups excluding carboxylic acids is 1. The number of hydrogen-bond donors (Lipinski definition) is 3. The largest absolute Gasteiger partial charge is 0.507 e. The van der Waals surface area contributed by atoms with Crippen LogP contribution in [0.25, 0.3) is 0 Å². The second-order valence-electron chi connectivity index (χ2n) is 4.32. The molecule has 1 aromatic rings. The number of amides is 2. The van der Waals surface area contributed by atoms with Gasteiger partial charge >= 0.3 is 12.2 Å². The molecular formula is C12H13ClN2O5. The van der Waals surface area contributed by atoms with Crippen LogP contribution >= 0.6 is 11.6 Å². The third-order valence-corrected chi connectivity index (χ3v) is 3.07. The number of urea groups is 1. The Balaban J connectivity index is 2.03. The fourth-order valence-corrected chi connectivity index (χ4v) is 2.08.